The van der Waals surface area contributed by atoms with E-state index in [9.17, 15) is 13.2 Å². The number of sulfonamides is 1. The summed E-state index contributed by atoms with van der Waals surface area (Å²) in [5.41, 5.74) is 0. The molecule has 1 aliphatic rings. The number of hydrogen-bond donors (Lipinski definition) is 0. The summed E-state index contributed by atoms with van der Waals surface area (Å²) in [7, 11) is -3.44. The van der Waals surface area contributed by atoms with E-state index in [0.29, 0.717) is 42.8 Å². The van der Waals surface area contributed by atoms with Gasteiger partial charge in [0.2, 0.25) is 15.9 Å². The molecular weight excluding hydrogens is 344 g/mol. The van der Waals surface area contributed by atoms with Crippen LogP contribution >= 0.6 is 15.9 Å². The minimum Gasteiger partial charge on any atom is -0.340 e. The van der Waals surface area contributed by atoms with Crippen molar-refractivity contribution in [2.75, 3.05) is 31.5 Å². The van der Waals surface area contributed by atoms with E-state index in [2.05, 4.69) is 15.9 Å². The Labute approximate surface area is 127 Å². The fourth-order valence-electron chi connectivity index (χ4n) is 2.16. The predicted molar refractivity (Wildman–Crippen MR) is 80.2 cm³/mol. The van der Waals surface area contributed by atoms with Crippen LogP contribution in [0.4, 0.5) is 0 Å². The van der Waals surface area contributed by atoms with Crippen molar-refractivity contribution in [1.29, 1.82) is 0 Å². The van der Waals surface area contributed by atoms with E-state index in [1.54, 1.807) is 35.2 Å². The Morgan fingerprint density at radius 1 is 1.10 bits per heavy atom. The van der Waals surface area contributed by atoms with Crippen LogP contribution in [-0.4, -0.2) is 55.0 Å². The van der Waals surface area contributed by atoms with Gasteiger partial charge in [-0.15, -0.1) is 0 Å². The van der Waals surface area contributed by atoms with E-state index in [1.165, 1.54) is 4.31 Å². The molecule has 0 N–H and O–H groups in total. The highest BCUT2D eigenvalue weighted by atomic mass is 79.9. The maximum absolute atomic E-state index is 12.4. The Morgan fingerprint density at radius 2 is 1.70 bits per heavy atom. The normalized spacial score (nSPS) is 17.1. The summed E-state index contributed by atoms with van der Waals surface area (Å²) in [5.74, 6) is 0.0682. The van der Waals surface area contributed by atoms with Crippen LogP contribution in [0.3, 0.4) is 0 Å². The number of hydrogen-bond acceptors (Lipinski definition) is 3. The quantitative estimate of drug-likeness (QED) is 0.760. The average Bonchev–Trinajstić information content (AvgIpc) is 2.48. The first-order valence-corrected chi connectivity index (χ1v) is 9.01. The highest BCUT2D eigenvalue weighted by Gasteiger charge is 2.29. The van der Waals surface area contributed by atoms with Gasteiger partial charge in [0.15, 0.2) is 0 Å². The molecule has 0 unspecified atom stereocenters. The van der Waals surface area contributed by atoms with Gasteiger partial charge >= 0.3 is 0 Å². The molecule has 0 atom stereocenters. The minimum absolute atomic E-state index is 0.0682. The smallest absolute Gasteiger partial charge is 0.243 e. The Hall–Kier alpha value is -0.920. The highest BCUT2D eigenvalue weighted by molar-refractivity contribution is 9.09. The second-order valence-corrected chi connectivity index (χ2v) is 7.27. The number of rotatable bonds is 4. The molecule has 1 saturated heterocycles. The van der Waals surface area contributed by atoms with E-state index in [-0.39, 0.29) is 5.91 Å². The number of amides is 1. The molecule has 0 saturated carbocycles. The SMILES string of the molecule is O=C(CCBr)N1CCN(S(=O)(=O)c2ccccc2)CC1. The number of nitrogens with zero attached hydrogens (tertiary/aromatic N) is 2. The molecule has 20 heavy (non-hydrogen) atoms. The largest absolute Gasteiger partial charge is 0.340 e. The summed E-state index contributed by atoms with van der Waals surface area (Å²) < 4.78 is 26.3. The Kier molecular flexibility index (Phi) is 5.17. The summed E-state index contributed by atoms with van der Waals surface area (Å²) in [5, 5.41) is 0.633. The fraction of sp³-hybridized carbons (Fsp3) is 0.462. The van der Waals surface area contributed by atoms with Crippen LogP contribution in [0.1, 0.15) is 6.42 Å². The zero-order valence-corrected chi connectivity index (χ0v) is 13.4. The first-order valence-electron chi connectivity index (χ1n) is 6.44. The van der Waals surface area contributed by atoms with E-state index in [4.69, 9.17) is 0 Å². The van der Waals surface area contributed by atoms with E-state index in [0.717, 1.165) is 0 Å². The van der Waals surface area contributed by atoms with E-state index < -0.39 is 10.0 Å². The average molecular weight is 361 g/mol. The molecule has 0 aromatic heterocycles. The third kappa shape index (κ3) is 3.39. The van der Waals surface area contributed by atoms with Crippen LogP contribution < -0.4 is 0 Å². The Morgan fingerprint density at radius 3 is 2.25 bits per heavy atom. The highest BCUT2D eigenvalue weighted by Crippen LogP contribution is 2.17. The zero-order chi connectivity index (χ0) is 14.6. The van der Waals surface area contributed by atoms with Crippen molar-refractivity contribution in [3.63, 3.8) is 0 Å². The van der Waals surface area contributed by atoms with Gasteiger partial charge in [-0.2, -0.15) is 4.31 Å². The molecule has 0 aliphatic carbocycles. The molecule has 1 aromatic rings. The molecule has 0 spiro atoms. The molecule has 7 heteroatoms. The summed E-state index contributed by atoms with van der Waals surface area (Å²) in [6, 6.07) is 8.40. The molecule has 0 radical (unpaired) electrons. The lowest BCUT2D eigenvalue weighted by Gasteiger charge is -2.34. The van der Waals surface area contributed by atoms with Crippen molar-refractivity contribution in [3.05, 3.63) is 30.3 Å². The van der Waals surface area contributed by atoms with Crippen molar-refractivity contribution in [2.45, 2.75) is 11.3 Å². The second kappa shape index (κ2) is 6.69. The van der Waals surface area contributed by atoms with Crippen LogP contribution in [0.25, 0.3) is 0 Å². The monoisotopic (exact) mass is 360 g/mol. The lowest BCUT2D eigenvalue weighted by molar-refractivity contribution is -0.131. The van der Waals surface area contributed by atoms with Gasteiger partial charge < -0.3 is 4.90 Å². The second-order valence-electron chi connectivity index (χ2n) is 4.54. The Bertz CT molecular complexity index is 554. The number of alkyl halides is 1. The molecule has 1 heterocycles. The standard InChI is InChI=1S/C13H17BrN2O3S/c14-7-6-13(17)15-8-10-16(11-9-15)20(18,19)12-4-2-1-3-5-12/h1-5H,6-11H2. The third-order valence-corrected chi connectivity index (χ3v) is 5.59. The summed E-state index contributed by atoms with van der Waals surface area (Å²) in [6.07, 6.45) is 0.450. The molecule has 2 rings (SSSR count). The van der Waals surface area contributed by atoms with Gasteiger partial charge in [-0.25, -0.2) is 8.42 Å². The van der Waals surface area contributed by atoms with Crippen molar-refractivity contribution in [1.82, 2.24) is 9.21 Å². The topological polar surface area (TPSA) is 57.7 Å². The van der Waals surface area contributed by atoms with Crippen molar-refractivity contribution >= 4 is 31.9 Å². The molecule has 0 bridgehead atoms. The maximum Gasteiger partial charge on any atom is 0.243 e. The number of piperazine rings is 1. The van der Waals surface area contributed by atoms with Gasteiger partial charge in [-0.05, 0) is 12.1 Å². The molecule has 1 aromatic carbocycles. The zero-order valence-electron chi connectivity index (χ0n) is 11.0. The molecule has 110 valence electrons. The van der Waals surface area contributed by atoms with Crippen LogP contribution in [0, 0.1) is 0 Å². The first-order chi connectivity index (χ1) is 9.55. The molecule has 5 nitrogen and oxygen atoms in total. The van der Waals surface area contributed by atoms with Crippen molar-refractivity contribution < 1.29 is 13.2 Å². The lowest BCUT2D eigenvalue weighted by Crippen LogP contribution is -2.50. The van der Waals surface area contributed by atoms with Crippen molar-refractivity contribution in [2.24, 2.45) is 0 Å². The van der Waals surface area contributed by atoms with Crippen LogP contribution in [0.15, 0.2) is 35.2 Å². The third-order valence-electron chi connectivity index (χ3n) is 3.28. The number of benzene rings is 1. The molecule has 1 fully saturated rings. The Balaban J connectivity index is 2.02. The fourth-order valence-corrected chi connectivity index (χ4v) is 3.94. The summed E-state index contributed by atoms with van der Waals surface area (Å²) in [4.78, 5) is 13.8. The van der Waals surface area contributed by atoms with E-state index >= 15 is 0 Å². The number of carbonyl (C=O) groups is 1. The molecule has 1 amide bonds. The first kappa shape index (κ1) is 15.5. The van der Waals surface area contributed by atoms with Gasteiger partial charge in [-0.1, -0.05) is 34.1 Å². The maximum atomic E-state index is 12.4. The van der Waals surface area contributed by atoms with Gasteiger partial charge in [-0.3, -0.25) is 4.79 Å². The van der Waals surface area contributed by atoms with Gasteiger partial charge in [0, 0.05) is 37.9 Å². The lowest BCUT2D eigenvalue weighted by atomic mass is 10.3. The number of carbonyl (C=O) groups excluding carboxylic acids is 1. The summed E-state index contributed by atoms with van der Waals surface area (Å²) >= 11 is 3.24. The van der Waals surface area contributed by atoms with Crippen LogP contribution in [0.5, 0.6) is 0 Å². The van der Waals surface area contributed by atoms with Gasteiger partial charge in [0.05, 0.1) is 4.90 Å². The summed E-state index contributed by atoms with van der Waals surface area (Å²) in [6.45, 7) is 1.62. The van der Waals surface area contributed by atoms with Crippen LogP contribution in [-0.2, 0) is 14.8 Å². The predicted octanol–water partition coefficient (Wildman–Crippen LogP) is 1.30. The van der Waals surface area contributed by atoms with Crippen molar-refractivity contribution in [3.8, 4) is 0 Å². The number of halogens is 1. The van der Waals surface area contributed by atoms with E-state index in [1.807, 2.05) is 0 Å². The van der Waals surface area contributed by atoms with Gasteiger partial charge in [0.25, 0.3) is 0 Å². The molecular formula is C13H17BrN2O3S. The molecule has 1 aliphatic heterocycles. The minimum atomic E-state index is -3.44. The van der Waals surface area contributed by atoms with Crippen LogP contribution in [0.2, 0.25) is 0 Å². The van der Waals surface area contributed by atoms with Gasteiger partial charge in [0.1, 0.15) is 0 Å².